The number of amides is 1. The van der Waals surface area contributed by atoms with Crippen LogP contribution in [0.2, 0.25) is 8.67 Å². The smallest absolute Gasteiger partial charge is 0.256 e. The maximum absolute atomic E-state index is 12.6. The van der Waals surface area contributed by atoms with E-state index in [-0.39, 0.29) is 11.9 Å². The molecule has 2 rings (SSSR count). The molecule has 1 fully saturated rings. The van der Waals surface area contributed by atoms with Gasteiger partial charge in [-0.2, -0.15) is 0 Å². The van der Waals surface area contributed by atoms with Crippen LogP contribution in [0.15, 0.2) is 6.07 Å². The fraction of sp³-hybridized carbons (Fsp3) is 0.615. The number of carbonyl (C=O) groups excluding carboxylic acids is 1. The Morgan fingerprint density at radius 1 is 1.58 bits per heavy atom. The minimum atomic E-state index is 0.00343. The van der Waals surface area contributed by atoms with E-state index < -0.39 is 0 Å². The zero-order valence-electron chi connectivity index (χ0n) is 10.9. The summed E-state index contributed by atoms with van der Waals surface area (Å²) in [4.78, 5) is 14.6. The second kappa shape index (κ2) is 6.93. The molecule has 1 unspecified atom stereocenters. The van der Waals surface area contributed by atoms with Crippen molar-refractivity contribution in [2.75, 3.05) is 19.6 Å². The lowest BCUT2D eigenvalue weighted by Gasteiger charge is -2.34. The third kappa shape index (κ3) is 3.63. The fourth-order valence-corrected chi connectivity index (χ4v) is 3.88. The lowest BCUT2D eigenvalue weighted by Crippen LogP contribution is -2.49. The number of halogens is 2. The van der Waals surface area contributed by atoms with Gasteiger partial charge in [0.05, 0.1) is 9.90 Å². The summed E-state index contributed by atoms with van der Waals surface area (Å²) < 4.78 is 1.05. The number of piperidine rings is 1. The summed E-state index contributed by atoms with van der Waals surface area (Å²) in [6.07, 6.45) is 3.10. The van der Waals surface area contributed by atoms with Crippen molar-refractivity contribution in [2.24, 2.45) is 0 Å². The molecule has 1 aliphatic rings. The molecule has 1 N–H and O–H groups in total. The third-order valence-corrected chi connectivity index (χ3v) is 4.81. The van der Waals surface area contributed by atoms with Crippen LogP contribution in [0, 0.1) is 0 Å². The number of carbonyl (C=O) groups is 1. The van der Waals surface area contributed by atoms with Crippen LogP contribution in [-0.4, -0.2) is 36.5 Å². The van der Waals surface area contributed by atoms with Crippen LogP contribution in [0.4, 0.5) is 0 Å². The van der Waals surface area contributed by atoms with Crippen LogP contribution in [0.25, 0.3) is 0 Å². The van der Waals surface area contributed by atoms with Gasteiger partial charge in [0.15, 0.2) is 0 Å². The Bertz CT molecular complexity index is 444. The Balaban J connectivity index is 2.17. The highest BCUT2D eigenvalue weighted by atomic mass is 35.5. The summed E-state index contributed by atoms with van der Waals surface area (Å²) in [5, 5.41) is 3.35. The Kier molecular flexibility index (Phi) is 5.51. The highest BCUT2D eigenvalue weighted by molar-refractivity contribution is 7.20. The fourth-order valence-electron chi connectivity index (χ4n) is 2.43. The van der Waals surface area contributed by atoms with Crippen molar-refractivity contribution in [3.05, 3.63) is 20.3 Å². The van der Waals surface area contributed by atoms with E-state index in [4.69, 9.17) is 23.2 Å². The zero-order valence-corrected chi connectivity index (χ0v) is 13.2. The molecule has 1 atom stereocenters. The number of nitrogens with zero attached hydrogens (tertiary/aromatic N) is 1. The second-order valence-corrected chi connectivity index (χ2v) is 7.02. The van der Waals surface area contributed by atoms with Gasteiger partial charge in [-0.15, -0.1) is 11.3 Å². The van der Waals surface area contributed by atoms with E-state index in [0.717, 1.165) is 38.9 Å². The van der Waals surface area contributed by atoms with Gasteiger partial charge in [-0.3, -0.25) is 4.79 Å². The largest absolute Gasteiger partial charge is 0.334 e. The van der Waals surface area contributed by atoms with Crippen molar-refractivity contribution in [1.29, 1.82) is 0 Å². The molecule has 1 aromatic heterocycles. The number of thiophene rings is 1. The molecule has 2 heterocycles. The average Bonchev–Trinajstić information content (AvgIpc) is 2.75. The number of hydrogen-bond donors (Lipinski definition) is 1. The highest BCUT2D eigenvalue weighted by Crippen LogP contribution is 2.32. The third-order valence-electron chi connectivity index (χ3n) is 3.32. The molecule has 106 valence electrons. The van der Waals surface area contributed by atoms with Gasteiger partial charge >= 0.3 is 0 Å². The first-order valence-electron chi connectivity index (χ1n) is 6.60. The van der Waals surface area contributed by atoms with Crippen molar-refractivity contribution < 1.29 is 4.79 Å². The maximum atomic E-state index is 12.6. The van der Waals surface area contributed by atoms with Gasteiger partial charge in [-0.05, 0) is 31.9 Å². The Hall–Kier alpha value is -0.290. The molecule has 1 saturated heterocycles. The summed E-state index contributed by atoms with van der Waals surface area (Å²) in [5.41, 5.74) is 0.538. The van der Waals surface area contributed by atoms with Crippen LogP contribution in [0.5, 0.6) is 0 Å². The standard InChI is InChI=1S/C13H18Cl2N2OS/c1-2-6-17(9-4-3-5-16-8-9)13(18)10-7-11(14)19-12(10)15/h7,9,16H,2-6,8H2,1H3. The summed E-state index contributed by atoms with van der Waals surface area (Å²) in [6.45, 7) is 4.74. The van der Waals surface area contributed by atoms with Gasteiger partial charge in [0.2, 0.25) is 0 Å². The summed E-state index contributed by atoms with van der Waals surface area (Å²) in [7, 11) is 0. The molecule has 19 heavy (non-hydrogen) atoms. The second-order valence-electron chi connectivity index (χ2n) is 4.74. The van der Waals surface area contributed by atoms with Crippen molar-refractivity contribution in [2.45, 2.75) is 32.2 Å². The molecule has 0 aromatic carbocycles. The molecule has 0 aliphatic carbocycles. The molecule has 1 aromatic rings. The topological polar surface area (TPSA) is 32.3 Å². The number of rotatable bonds is 4. The molecule has 0 spiro atoms. The molecule has 1 amide bonds. The Labute approximate surface area is 127 Å². The first-order chi connectivity index (χ1) is 9.13. The zero-order chi connectivity index (χ0) is 13.8. The molecule has 0 bridgehead atoms. The van der Waals surface area contributed by atoms with Gasteiger partial charge in [0.25, 0.3) is 5.91 Å². The molecule has 1 aliphatic heterocycles. The van der Waals surface area contributed by atoms with Crippen molar-refractivity contribution in [3.8, 4) is 0 Å². The molecule has 0 radical (unpaired) electrons. The van der Waals surface area contributed by atoms with Crippen molar-refractivity contribution >= 4 is 40.4 Å². The Morgan fingerprint density at radius 2 is 2.37 bits per heavy atom. The van der Waals surface area contributed by atoms with E-state index in [1.54, 1.807) is 6.07 Å². The average molecular weight is 321 g/mol. The van der Waals surface area contributed by atoms with Gasteiger partial charge in [0, 0.05) is 19.1 Å². The predicted molar refractivity (Wildman–Crippen MR) is 81.6 cm³/mol. The van der Waals surface area contributed by atoms with E-state index >= 15 is 0 Å². The quantitative estimate of drug-likeness (QED) is 0.918. The van der Waals surface area contributed by atoms with Crippen molar-refractivity contribution in [3.63, 3.8) is 0 Å². The van der Waals surface area contributed by atoms with Crippen LogP contribution in [-0.2, 0) is 0 Å². The maximum Gasteiger partial charge on any atom is 0.256 e. The molecular weight excluding hydrogens is 303 g/mol. The van der Waals surface area contributed by atoms with E-state index in [1.807, 2.05) is 4.90 Å². The predicted octanol–water partition coefficient (Wildman–Crippen LogP) is 3.66. The van der Waals surface area contributed by atoms with Crippen molar-refractivity contribution in [1.82, 2.24) is 10.2 Å². The van der Waals surface area contributed by atoms with Crippen LogP contribution < -0.4 is 5.32 Å². The van der Waals surface area contributed by atoms with Crippen LogP contribution in [0.1, 0.15) is 36.5 Å². The summed E-state index contributed by atoms with van der Waals surface area (Å²) >= 11 is 13.3. The van der Waals surface area contributed by atoms with Crippen LogP contribution >= 0.6 is 34.5 Å². The summed E-state index contributed by atoms with van der Waals surface area (Å²) in [6, 6.07) is 1.94. The molecule has 0 saturated carbocycles. The van der Waals surface area contributed by atoms with Gasteiger partial charge in [-0.1, -0.05) is 30.1 Å². The van der Waals surface area contributed by atoms with Gasteiger partial charge < -0.3 is 10.2 Å². The first-order valence-corrected chi connectivity index (χ1v) is 8.17. The number of hydrogen-bond acceptors (Lipinski definition) is 3. The van der Waals surface area contributed by atoms with E-state index in [9.17, 15) is 4.79 Å². The first kappa shape index (κ1) is 15.1. The van der Waals surface area contributed by atoms with E-state index in [0.29, 0.717) is 14.2 Å². The monoisotopic (exact) mass is 320 g/mol. The normalized spacial score (nSPS) is 19.4. The minimum Gasteiger partial charge on any atom is -0.334 e. The van der Waals surface area contributed by atoms with Gasteiger partial charge in [-0.25, -0.2) is 0 Å². The van der Waals surface area contributed by atoms with E-state index in [2.05, 4.69) is 12.2 Å². The lowest BCUT2D eigenvalue weighted by atomic mass is 10.0. The SMILES string of the molecule is CCCN(C(=O)c1cc(Cl)sc1Cl)C1CCCNC1. The van der Waals surface area contributed by atoms with E-state index in [1.165, 1.54) is 11.3 Å². The number of nitrogens with one attached hydrogen (secondary N) is 1. The summed E-state index contributed by atoms with van der Waals surface area (Å²) in [5.74, 6) is 0.00343. The lowest BCUT2D eigenvalue weighted by molar-refractivity contribution is 0.0649. The van der Waals surface area contributed by atoms with Crippen LogP contribution in [0.3, 0.4) is 0 Å². The minimum absolute atomic E-state index is 0.00343. The molecule has 6 heteroatoms. The Morgan fingerprint density at radius 3 is 2.89 bits per heavy atom. The van der Waals surface area contributed by atoms with Gasteiger partial charge in [0.1, 0.15) is 4.34 Å². The molecule has 3 nitrogen and oxygen atoms in total. The highest BCUT2D eigenvalue weighted by Gasteiger charge is 2.27. The molecular formula is C13H18Cl2N2OS.